The number of benzene rings is 3. The molecule has 0 unspecified atom stereocenters. The van der Waals surface area contributed by atoms with Crippen LogP contribution in [0.1, 0.15) is 12.5 Å². The molecule has 0 radical (unpaired) electrons. The van der Waals surface area contributed by atoms with Crippen LogP contribution < -0.4 is 19.2 Å². The zero-order chi connectivity index (χ0) is 24.1. The number of hydrogen-bond acceptors (Lipinski definition) is 6. The molecule has 0 fully saturated rings. The van der Waals surface area contributed by atoms with Gasteiger partial charge in [0, 0.05) is 6.07 Å². The molecule has 0 bridgehead atoms. The lowest BCUT2D eigenvalue weighted by Crippen LogP contribution is -2.39. The minimum absolute atomic E-state index is 0.0992. The smallest absolute Gasteiger partial charge is 0.264 e. The molecule has 1 aliphatic heterocycles. The molecule has 0 aliphatic carbocycles. The van der Waals surface area contributed by atoms with E-state index in [4.69, 9.17) is 9.47 Å². The van der Waals surface area contributed by atoms with Gasteiger partial charge in [0.15, 0.2) is 11.5 Å². The molecule has 4 rings (SSSR count). The lowest BCUT2D eigenvalue weighted by atomic mass is 10.1. The molecule has 0 aromatic heterocycles. The normalized spacial score (nSPS) is 13.3. The third kappa shape index (κ3) is 5.18. The number of nitrogens with one attached hydrogen (secondary N) is 1. The monoisotopic (exact) mass is 483 g/mol. The number of fused-ring (bicyclic) bond motifs is 1. The quantitative estimate of drug-likeness (QED) is 0.411. The highest BCUT2D eigenvalue weighted by molar-refractivity contribution is 7.92. The second kappa shape index (κ2) is 9.92. The summed E-state index contributed by atoms with van der Waals surface area (Å²) in [4.78, 5) is 12.6. The van der Waals surface area contributed by atoms with Gasteiger partial charge in [0.05, 0.1) is 16.3 Å². The first kappa shape index (κ1) is 23.2. The van der Waals surface area contributed by atoms with Gasteiger partial charge in [-0.3, -0.25) is 9.10 Å². The number of hydrogen-bond donors (Lipinski definition) is 1. The van der Waals surface area contributed by atoms with Crippen LogP contribution in [0.3, 0.4) is 0 Å². The summed E-state index contributed by atoms with van der Waals surface area (Å²) >= 11 is 0. The first-order valence-electron chi connectivity index (χ1n) is 10.4. The summed E-state index contributed by atoms with van der Waals surface area (Å²) in [6, 6.07) is 18.2. The van der Waals surface area contributed by atoms with Gasteiger partial charge in [0.25, 0.3) is 15.9 Å². The molecule has 0 spiro atoms. The topological polar surface area (TPSA) is 97.3 Å². The predicted molar refractivity (Wildman–Crippen MR) is 125 cm³/mol. The fourth-order valence-electron chi connectivity index (χ4n) is 3.29. The predicted octanol–water partition coefficient (Wildman–Crippen LogP) is 3.33. The standard InChI is InChI=1S/C24H22FN3O5S/c1-17(18-5-3-2-4-6-18)26-27-24(29)16-28(20-9-7-19(25)8-10-20)34(30,31)21-11-12-22-23(15-21)33-14-13-32-22/h2-12,15H,13-14,16H2,1H3,(H,27,29)/b26-17-. The van der Waals surface area contributed by atoms with E-state index in [-0.39, 0.29) is 10.6 Å². The van der Waals surface area contributed by atoms with Crippen molar-refractivity contribution in [3.63, 3.8) is 0 Å². The number of hydrazone groups is 1. The van der Waals surface area contributed by atoms with Crippen LogP contribution in [0.5, 0.6) is 11.5 Å². The Morgan fingerprint density at radius 3 is 2.38 bits per heavy atom. The van der Waals surface area contributed by atoms with E-state index in [0.29, 0.717) is 30.4 Å². The summed E-state index contributed by atoms with van der Waals surface area (Å²) in [6.45, 7) is 1.80. The van der Waals surface area contributed by atoms with Gasteiger partial charge in [-0.25, -0.2) is 18.2 Å². The van der Waals surface area contributed by atoms with Crippen molar-refractivity contribution in [2.24, 2.45) is 5.10 Å². The van der Waals surface area contributed by atoms with Crippen molar-refractivity contribution in [3.05, 3.63) is 84.2 Å². The molecular formula is C24H22FN3O5S. The SMILES string of the molecule is C/C(=N/NC(=O)CN(c1ccc(F)cc1)S(=O)(=O)c1ccc2c(c1)OCCO2)c1ccccc1. The van der Waals surface area contributed by atoms with E-state index in [2.05, 4.69) is 10.5 Å². The van der Waals surface area contributed by atoms with Crippen molar-refractivity contribution in [1.29, 1.82) is 0 Å². The molecule has 3 aromatic carbocycles. The molecule has 8 nitrogen and oxygen atoms in total. The van der Waals surface area contributed by atoms with Gasteiger partial charge in [0.2, 0.25) is 0 Å². The van der Waals surface area contributed by atoms with E-state index < -0.39 is 28.3 Å². The van der Waals surface area contributed by atoms with Crippen LogP contribution in [-0.4, -0.2) is 39.8 Å². The highest BCUT2D eigenvalue weighted by Gasteiger charge is 2.29. The molecule has 1 aliphatic rings. The molecular weight excluding hydrogens is 461 g/mol. The average molecular weight is 484 g/mol. The second-order valence-electron chi connectivity index (χ2n) is 7.39. The molecule has 0 saturated carbocycles. The molecule has 0 saturated heterocycles. The van der Waals surface area contributed by atoms with E-state index in [1.165, 1.54) is 30.3 Å². The number of ether oxygens (including phenoxy) is 2. The lowest BCUT2D eigenvalue weighted by molar-refractivity contribution is -0.119. The number of carbonyl (C=O) groups is 1. The minimum Gasteiger partial charge on any atom is -0.486 e. The maximum Gasteiger partial charge on any atom is 0.264 e. The second-order valence-corrected chi connectivity index (χ2v) is 9.25. The molecule has 1 N–H and O–H groups in total. The average Bonchev–Trinajstić information content (AvgIpc) is 2.86. The molecule has 1 amide bonds. The Kier molecular flexibility index (Phi) is 6.78. The Hall–Kier alpha value is -3.92. The van der Waals surface area contributed by atoms with Crippen molar-refractivity contribution in [3.8, 4) is 11.5 Å². The van der Waals surface area contributed by atoms with Crippen molar-refractivity contribution in [2.45, 2.75) is 11.8 Å². The maximum atomic E-state index is 13.5. The first-order valence-corrected chi connectivity index (χ1v) is 11.8. The largest absolute Gasteiger partial charge is 0.486 e. The Bertz CT molecular complexity index is 1310. The van der Waals surface area contributed by atoms with E-state index in [0.717, 1.165) is 22.0 Å². The van der Waals surface area contributed by atoms with Crippen LogP contribution in [0.25, 0.3) is 0 Å². The van der Waals surface area contributed by atoms with E-state index >= 15 is 0 Å². The van der Waals surface area contributed by atoms with Gasteiger partial charge < -0.3 is 9.47 Å². The molecule has 34 heavy (non-hydrogen) atoms. The minimum atomic E-state index is -4.22. The number of halogens is 1. The number of amides is 1. The zero-order valence-corrected chi connectivity index (χ0v) is 19.1. The maximum absolute atomic E-state index is 13.5. The number of rotatable bonds is 7. The number of sulfonamides is 1. The van der Waals surface area contributed by atoms with Gasteiger partial charge in [-0.1, -0.05) is 30.3 Å². The van der Waals surface area contributed by atoms with Crippen molar-refractivity contribution in [1.82, 2.24) is 5.43 Å². The van der Waals surface area contributed by atoms with Crippen LogP contribution in [0.2, 0.25) is 0 Å². The van der Waals surface area contributed by atoms with Crippen LogP contribution in [0.4, 0.5) is 10.1 Å². The van der Waals surface area contributed by atoms with Gasteiger partial charge >= 0.3 is 0 Å². The Balaban J connectivity index is 1.62. The first-order chi connectivity index (χ1) is 16.3. The summed E-state index contributed by atoms with van der Waals surface area (Å²) in [5, 5.41) is 4.07. The third-order valence-electron chi connectivity index (χ3n) is 5.04. The van der Waals surface area contributed by atoms with Gasteiger partial charge in [0.1, 0.15) is 25.6 Å². The van der Waals surface area contributed by atoms with E-state index in [9.17, 15) is 17.6 Å². The van der Waals surface area contributed by atoms with Crippen LogP contribution in [0.15, 0.2) is 82.8 Å². The molecule has 0 atom stereocenters. The van der Waals surface area contributed by atoms with Gasteiger partial charge in [-0.15, -0.1) is 0 Å². The number of anilines is 1. The number of carbonyl (C=O) groups excluding carboxylic acids is 1. The fourth-order valence-corrected chi connectivity index (χ4v) is 4.73. The molecule has 3 aromatic rings. The van der Waals surface area contributed by atoms with E-state index in [1.54, 1.807) is 6.92 Å². The lowest BCUT2D eigenvalue weighted by Gasteiger charge is -2.25. The zero-order valence-electron chi connectivity index (χ0n) is 18.3. The summed E-state index contributed by atoms with van der Waals surface area (Å²) in [5.74, 6) is -0.477. The van der Waals surface area contributed by atoms with Crippen LogP contribution in [0, 0.1) is 5.82 Å². The van der Waals surface area contributed by atoms with Crippen molar-refractivity contribution >= 4 is 27.3 Å². The molecule has 176 valence electrons. The van der Waals surface area contributed by atoms with Crippen LogP contribution in [-0.2, 0) is 14.8 Å². The Labute approximate surface area is 196 Å². The highest BCUT2D eigenvalue weighted by atomic mass is 32.2. The number of nitrogens with zero attached hydrogens (tertiary/aromatic N) is 2. The van der Waals surface area contributed by atoms with Crippen molar-refractivity contribution < 1.29 is 27.1 Å². The Morgan fingerprint density at radius 2 is 1.68 bits per heavy atom. The molecule has 10 heteroatoms. The molecule has 1 heterocycles. The van der Waals surface area contributed by atoms with Gasteiger partial charge in [-0.2, -0.15) is 5.10 Å². The van der Waals surface area contributed by atoms with E-state index in [1.807, 2.05) is 30.3 Å². The summed E-state index contributed by atoms with van der Waals surface area (Å²) in [6.07, 6.45) is 0. The summed E-state index contributed by atoms with van der Waals surface area (Å²) < 4.78 is 52.4. The summed E-state index contributed by atoms with van der Waals surface area (Å²) in [7, 11) is -4.22. The fraction of sp³-hybridized carbons (Fsp3) is 0.167. The van der Waals surface area contributed by atoms with Crippen LogP contribution >= 0.6 is 0 Å². The highest BCUT2D eigenvalue weighted by Crippen LogP contribution is 2.34. The Morgan fingerprint density at radius 1 is 1.00 bits per heavy atom. The third-order valence-corrected chi connectivity index (χ3v) is 6.81. The van der Waals surface area contributed by atoms with Crippen molar-refractivity contribution in [2.75, 3.05) is 24.1 Å². The summed E-state index contributed by atoms with van der Waals surface area (Å²) in [5.41, 5.74) is 3.87. The van der Waals surface area contributed by atoms with Gasteiger partial charge in [-0.05, 0) is 48.9 Å².